The summed E-state index contributed by atoms with van der Waals surface area (Å²) in [6.45, 7) is 6.50. The zero-order valence-corrected chi connectivity index (χ0v) is 6.79. The van der Waals surface area contributed by atoms with Gasteiger partial charge in [0.15, 0.2) is 0 Å². The second-order valence-electron chi connectivity index (χ2n) is 2.29. The molecule has 0 heterocycles. The molecule has 0 amide bonds. The van der Waals surface area contributed by atoms with Crippen molar-refractivity contribution in [2.75, 3.05) is 28.2 Å². The molecule has 0 aromatic heterocycles. The summed E-state index contributed by atoms with van der Waals surface area (Å²) in [5.41, 5.74) is 0. The molecular weight excluding hydrogens is 128 g/mol. The molecule has 0 aliphatic carbocycles. The smallest absolute Gasteiger partial charge is 0.282 e. The molecule has 56 valence electrons. The van der Waals surface area contributed by atoms with Gasteiger partial charge in [-0.25, -0.2) is 0 Å². The molecule has 4 heteroatoms. The van der Waals surface area contributed by atoms with Gasteiger partial charge in [0.05, 0.1) is 0 Å². The van der Waals surface area contributed by atoms with Crippen molar-refractivity contribution in [3.05, 3.63) is 11.5 Å². The van der Waals surface area contributed by atoms with Gasteiger partial charge in [-0.1, -0.05) is 0 Å². The molecule has 0 aromatic rings. The summed E-state index contributed by atoms with van der Waals surface area (Å²) in [6.07, 6.45) is 0. The average Bonchev–Trinajstić information content (AvgIpc) is 1.81. The van der Waals surface area contributed by atoms with Crippen LogP contribution in [0.2, 0.25) is 0 Å². The highest BCUT2D eigenvalue weighted by Crippen LogP contribution is 1.88. The molecule has 0 atom stereocenters. The van der Waals surface area contributed by atoms with E-state index in [1.54, 1.807) is 9.80 Å². The van der Waals surface area contributed by atoms with E-state index in [1.165, 1.54) is 0 Å². The number of hydrogen-bond donors (Lipinski definition) is 0. The lowest BCUT2D eigenvalue weighted by Gasteiger charge is -2.18. The highest BCUT2D eigenvalue weighted by molar-refractivity contribution is 5.79. The first-order chi connectivity index (χ1) is 4.59. The standard InChI is InChI=1S/C6H12N4/c1-7-8-6(9(2)3)10(4)5/h2-5H3. The lowest BCUT2D eigenvalue weighted by Crippen LogP contribution is -2.34. The molecule has 0 aliphatic rings. The van der Waals surface area contributed by atoms with Crippen molar-refractivity contribution in [1.82, 2.24) is 9.80 Å². The first-order valence-electron chi connectivity index (χ1n) is 2.88. The third-order valence-corrected chi connectivity index (χ3v) is 0.939. The van der Waals surface area contributed by atoms with E-state index < -0.39 is 0 Å². The summed E-state index contributed by atoms with van der Waals surface area (Å²) in [4.78, 5) is 6.51. The fraction of sp³-hybridized carbons (Fsp3) is 0.667. The molecule has 0 saturated carbocycles. The first-order valence-corrected chi connectivity index (χ1v) is 2.88. The minimum atomic E-state index is 0.662. The van der Waals surface area contributed by atoms with E-state index in [0.717, 1.165) is 0 Å². The number of rotatable bonds is 0. The van der Waals surface area contributed by atoms with Crippen LogP contribution in [0, 0.1) is 6.57 Å². The van der Waals surface area contributed by atoms with Crippen LogP contribution < -0.4 is 0 Å². The molecule has 0 bridgehead atoms. The van der Waals surface area contributed by atoms with Gasteiger partial charge in [-0.2, -0.15) is 6.57 Å². The van der Waals surface area contributed by atoms with Gasteiger partial charge in [-0.15, -0.1) is 4.95 Å². The third-order valence-electron chi connectivity index (χ3n) is 0.939. The Morgan fingerprint density at radius 3 is 1.70 bits per heavy atom. The number of nitrogens with zero attached hydrogens (tertiary/aromatic N) is 4. The van der Waals surface area contributed by atoms with Gasteiger partial charge in [0.1, 0.15) is 5.10 Å². The fourth-order valence-corrected chi connectivity index (χ4v) is 0.624. The Balaban J connectivity index is 4.30. The van der Waals surface area contributed by atoms with E-state index in [0.29, 0.717) is 5.96 Å². The molecule has 0 fully saturated rings. The number of guanidine groups is 1. The van der Waals surface area contributed by atoms with Crippen LogP contribution in [0.15, 0.2) is 5.10 Å². The molecular formula is C6H12N4. The zero-order valence-electron chi connectivity index (χ0n) is 6.79. The van der Waals surface area contributed by atoms with Gasteiger partial charge in [-0.3, -0.25) is 0 Å². The van der Waals surface area contributed by atoms with Crippen LogP contribution in [0.4, 0.5) is 0 Å². The van der Waals surface area contributed by atoms with Gasteiger partial charge in [0.2, 0.25) is 0 Å². The van der Waals surface area contributed by atoms with Gasteiger partial charge < -0.3 is 9.80 Å². The normalized spacial score (nSPS) is 7.90. The zero-order chi connectivity index (χ0) is 8.15. The highest BCUT2D eigenvalue weighted by Gasteiger charge is 2.05. The molecule has 0 spiro atoms. The summed E-state index contributed by atoms with van der Waals surface area (Å²) in [5.74, 6) is 0.662. The second kappa shape index (κ2) is 3.72. The maximum Gasteiger partial charge on any atom is 0.282 e. The summed E-state index contributed by atoms with van der Waals surface area (Å²) < 4.78 is 0. The summed E-state index contributed by atoms with van der Waals surface area (Å²) >= 11 is 0. The van der Waals surface area contributed by atoms with Crippen LogP contribution in [0.3, 0.4) is 0 Å². The maximum absolute atomic E-state index is 6.50. The van der Waals surface area contributed by atoms with Crippen LogP contribution in [0.1, 0.15) is 0 Å². The summed E-state index contributed by atoms with van der Waals surface area (Å²) in [5, 5.41) is 3.58. The van der Waals surface area contributed by atoms with Crippen LogP contribution in [-0.4, -0.2) is 44.0 Å². The van der Waals surface area contributed by atoms with E-state index in [9.17, 15) is 0 Å². The van der Waals surface area contributed by atoms with Crippen molar-refractivity contribution in [1.29, 1.82) is 0 Å². The minimum absolute atomic E-state index is 0.662. The molecule has 4 nitrogen and oxygen atoms in total. The molecule has 0 unspecified atom stereocenters. The highest BCUT2D eigenvalue weighted by atomic mass is 15.4. The quantitative estimate of drug-likeness (QED) is 0.209. The Hall–Kier alpha value is -1.24. The van der Waals surface area contributed by atoms with Crippen molar-refractivity contribution in [3.8, 4) is 0 Å². The predicted molar refractivity (Wildman–Crippen MR) is 41.4 cm³/mol. The van der Waals surface area contributed by atoms with Crippen LogP contribution in [0.5, 0.6) is 0 Å². The molecule has 0 rings (SSSR count). The fourth-order valence-electron chi connectivity index (χ4n) is 0.624. The van der Waals surface area contributed by atoms with E-state index >= 15 is 0 Å². The van der Waals surface area contributed by atoms with Crippen molar-refractivity contribution < 1.29 is 0 Å². The maximum atomic E-state index is 6.50. The molecule has 0 aromatic carbocycles. The Kier molecular flexibility index (Phi) is 3.26. The SMILES string of the molecule is [C-]#[N+]N=C(N(C)C)N(C)C. The van der Waals surface area contributed by atoms with Crippen LogP contribution in [0.25, 0.3) is 4.95 Å². The Morgan fingerprint density at radius 2 is 1.60 bits per heavy atom. The van der Waals surface area contributed by atoms with Crippen molar-refractivity contribution >= 4 is 5.96 Å². The molecule has 0 saturated heterocycles. The van der Waals surface area contributed by atoms with E-state index in [2.05, 4.69) is 10.1 Å². The Labute approximate surface area is 61.6 Å². The number of hydrogen-bond acceptors (Lipinski definition) is 1. The van der Waals surface area contributed by atoms with Crippen molar-refractivity contribution in [2.24, 2.45) is 5.10 Å². The molecule has 0 N–H and O–H groups in total. The van der Waals surface area contributed by atoms with Gasteiger partial charge in [-0.05, 0) is 0 Å². The van der Waals surface area contributed by atoms with Gasteiger partial charge in [0, 0.05) is 28.2 Å². The summed E-state index contributed by atoms with van der Waals surface area (Å²) in [6, 6.07) is 0. The Morgan fingerprint density at radius 1 is 1.20 bits per heavy atom. The Bertz CT molecular complexity index is 153. The van der Waals surface area contributed by atoms with E-state index in [-0.39, 0.29) is 0 Å². The molecule has 0 radical (unpaired) electrons. The van der Waals surface area contributed by atoms with Gasteiger partial charge in [0.25, 0.3) is 5.96 Å². The third kappa shape index (κ3) is 2.35. The minimum Gasteiger partial charge on any atom is -0.343 e. The topological polar surface area (TPSA) is 23.2 Å². The van der Waals surface area contributed by atoms with Crippen molar-refractivity contribution in [3.63, 3.8) is 0 Å². The van der Waals surface area contributed by atoms with E-state index in [4.69, 9.17) is 6.57 Å². The largest absolute Gasteiger partial charge is 0.343 e. The predicted octanol–water partition coefficient (Wildman–Crippen LogP) is 0.300. The second-order valence-corrected chi connectivity index (χ2v) is 2.29. The van der Waals surface area contributed by atoms with Gasteiger partial charge >= 0.3 is 0 Å². The van der Waals surface area contributed by atoms with Crippen LogP contribution in [-0.2, 0) is 0 Å². The first kappa shape index (κ1) is 8.76. The van der Waals surface area contributed by atoms with Crippen molar-refractivity contribution in [2.45, 2.75) is 0 Å². The lowest BCUT2D eigenvalue weighted by molar-refractivity contribution is 0.484. The van der Waals surface area contributed by atoms with Crippen LogP contribution >= 0.6 is 0 Å². The summed E-state index contributed by atoms with van der Waals surface area (Å²) in [7, 11) is 7.40. The lowest BCUT2D eigenvalue weighted by atomic mass is 10.7. The molecule has 10 heavy (non-hydrogen) atoms. The van der Waals surface area contributed by atoms with E-state index in [1.807, 2.05) is 28.2 Å². The molecule has 0 aliphatic heterocycles. The average molecular weight is 140 g/mol. The monoisotopic (exact) mass is 140 g/mol.